The zero-order valence-corrected chi connectivity index (χ0v) is 29.2. The number of hydrogen-bond acceptors (Lipinski definition) is 5. The molecule has 0 aliphatic rings. The number of alkyl carbamates (subject to hydrolysis) is 1. The summed E-state index contributed by atoms with van der Waals surface area (Å²) < 4.78 is 17.2. The number of nitrogens with zero attached hydrogens (tertiary/aromatic N) is 1. The summed E-state index contributed by atoms with van der Waals surface area (Å²) in [7, 11) is 0. The van der Waals surface area contributed by atoms with Crippen LogP contribution in [0.2, 0.25) is 10.0 Å². The molecule has 0 saturated carbocycles. The molecule has 4 aromatic rings. The molecule has 4 rings (SSSR count). The van der Waals surface area contributed by atoms with E-state index in [0.29, 0.717) is 54.8 Å². The molecule has 0 heterocycles. The number of nitriles is 1. The van der Waals surface area contributed by atoms with Crippen molar-refractivity contribution in [2.24, 2.45) is 0 Å². The van der Waals surface area contributed by atoms with E-state index in [0.717, 1.165) is 44.7 Å². The monoisotopic (exact) mass is 672 g/mol. The van der Waals surface area contributed by atoms with Crippen LogP contribution in [0.15, 0.2) is 78.9 Å². The molecule has 246 valence electrons. The lowest BCUT2D eigenvalue weighted by molar-refractivity contribution is 0.0524. The highest BCUT2D eigenvalue weighted by molar-refractivity contribution is 6.37. The fourth-order valence-electron chi connectivity index (χ4n) is 5.46. The van der Waals surface area contributed by atoms with Gasteiger partial charge in [0.2, 0.25) is 0 Å². The molecule has 1 N–H and O–H groups in total. The average molecular weight is 674 g/mol. The van der Waals surface area contributed by atoms with E-state index in [4.69, 9.17) is 42.7 Å². The Kier molecular flexibility index (Phi) is 12.6. The molecule has 0 aliphatic heterocycles. The number of carbonyl (C=O) groups excluding carboxylic acids is 1. The van der Waals surface area contributed by atoms with Gasteiger partial charge < -0.3 is 19.5 Å². The summed E-state index contributed by atoms with van der Waals surface area (Å²) in [5.41, 5.74) is 7.15. The first-order valence-corrected chi connectivity index (χ1v) is 16.5. The third-order valence-electron chi connectivity index (χ3n) is 7.58. The fraction of sp³-hybridized carbons (Fsp3) is 0.333. The number of ether oxygens (including phenoxy) is 3. The van der Waals surface area contributed by atoms with Crippen LogP contribution in [0, 0.1) is 25.2 Å². The van der Waals surface area contributed by atoms with Gasteiger partial charge in [-0.15, -0.1) is 0 Å². The number of benzene rings is 4. The van der Waals surface area contributed by atoms with Crippen LogP contribution in [-0.4, -0.2) is 31.5 Å². The van der Waals surface area contributed by atoms with E-state index in [1.165, 1.54) is 0 Å². The minimum absolute atomic E-state index is 0.00502. The predicted octanol–water partition coefficient (Wildman–Crippen LogP) is 10.0. The van der Waals surface area contributed by atoms with Gasteiger partial charge in [-0.2, -0.15) is 5.26 Å². The van der Waals surface area contributed by atoms with Crippen molar-refractivity contribution in [1.82, 2.24) is 5.32 Å². The first-order chi connectivity index (χ1) is 22.4. The van der Waals surface area contributed by atoms with Crippen LogP contribution >= 0.6 is 23.2 Å². The lowest BCUT2D eigenvalue weighted by atomic mass is 9.86. The van der Waals surface area contributed by atoms with Gasteiger partial charge in [-0.3, -0.25) is 0 Å². The van der Waals surface area contributed by atoms with E-state index in [1.54, 1.807) is 0 Å². The van der Waals surface area contributed by atoms with Crippen molar-refractivity contribution in [3.05, 3.63) is 117 Å². The molecule has 0 saturated heterocycles. The van der Waals surface area contributed by atoms with Gasteiger partial charge in [-0.25, -0.2) is 4.79 Å². The zero-order chi connectivity index (χ0) is 34.0. The summed E-state index contributed by atoms with van der Waals surface area (Å²) in [5, 5.41) is 13.1. The van der Waals surface area contributed by atoms with Crippen LogP contribution in [0.5, 0.6) is 11.5 Å². The third-order valence-corrected chi connectivity index (χ3v) is 8.14. The third kappa shape index (κ3) is 10.7. The molecular weight excluding hydrogens is 631 g/mol. The molecule has 0 bridgehead atoms. The van der Waals surface area contributed by atoms with E-state index in [-0.39, 0.29) is 5.92 Å². The lowest BCUT2D eigenvalue weighted by Crippen LogP contribution is -2.35. The van der Waals surface area contributed by atoms with Crippen molar-refractivity contribution in [1.29, 1.82) is 5.26 Å². The van der Waals surface area contributed by atoms with Crippen molar-refractivity contribution in [2.45, 2.75) is 65.4 Å². The number of aryl methyl sites for hydroxylation is 3. The maximum Gasteiger partial charge on any atom is 0.407 e. The van der Waals surface area contributed by atoms with Gasteiger partial charge in [0, 0.05) is 18.9 Å². The Balaban J connectivity index is 1.46. The Morgan fingerprint density at radius 2 is 1.60 bits per heavy atom. The molecule has 0 aromatic heterocycles. The topological polar surface area (TPSA) is 80.6 Å². The molecule has 47 heavy (non-hydrogen) atoms. The van der Waals surface area contributed by atoms with Crippen LogP contribution in [0.3, 0.4) is 0 Å². The second kappa shape index (κ2) is 16.6. The summed E-state index contributed by atoms with van der Waals surface area (Å²) >= 11 is 12.6. The van der Waals surface area contributed by atoms with Crippen molar-refractivity contribution >= 4 is 29.3 Å². The molecule has 6 nitrogen and oxygen atoms in total. The second-order valence-electron chi connectivity index (χ2n) is 12.6. The van der Waals surface area contributed by atoms with Crippen molar-refractivity contribution in [3.63, 3.8) is 0 Å². The number of hydrogen-bond donors (Lipinski definition) is 1. The minimum atomic E-state index is -0.588. The largest absolute Gasteiger partial charge is 0.490 e. The maximum absolute atomic E-state index is 12.6. The minimum Gasteiger partial charge on any atom is -0.490 e. The summed E-state index contributed by atoms with van der Waals surface area (Å²) in [6, 6.07) is 28.5. The van der Waals surface area contributed by atoms with E-state index in [9.17, 15) is 4.79 Å². The van der Waals surface area contributed by atoms with E-state index < -0.39 is 11.7 Å². The van der Waals surface area contributed by atoms with Gasteiger partial charge in [-0.1, -0.05) is 77.8 Å². The molecule has 0 spiro atoms. The predicted molar refractivity (Wildman–Crippen MR) is 190 cm³/mol. The molecule has 1 amide bonds. The standard InChI is InChI=1S/C39H42Cl2N2O4/c1-26-21-35(40)37(36(41)22-26)46-20-19-45-32-15-12-28(13-16-32)24-31(25-43-38(44)47-39(3,4)5)33-17-14-30(23-27(33)2)34-11-7-6-9-29(34)10-8-18-42/h6-7,9,11-17,21-23,31H,8,10,19-20,24-25H2,1-5H3,(H,43,44). The lowest BCUT2D eigenvalue weighted by Gasteiger charge is -2.24. The fourth-order valence-corrected chi connectivity index (χ4v) is 6.16. The molecule has 4 aromatic carbocycles. The molecule has 1 atom stereocenters. The molecular formula is C39H42Cl2N2O4. The molecule has 1 unspecified atom stereocenters. The number of amides is 1. The Bertz CT molecular complexity index is 1680. The van der Waals surface area contributed by atoms with Crippen molar-refractivity contribution < 1.29 is 19.0 Å². The number of rotatable bonds is 13. The van der Waals surface area contributed by atoms with Gasteiger partial charge in [0.15, 0.2) is 5.75 Å². The van der Waals surface area contributed by atoms with Gasteiger partial charge in [0.25, 0.3) is 0 Å². The molecule has 0 fully saturated rings. The van der Waals surface area contributed by atoms with E-state index in [2.05, 4.69) is 48.6 Å². The Labute approximate surface area is 288 Å². The number of halogens is 2. The first-order valence-electron chi connectivity index (χ1n) is 15.8. The molecule has 8 heteroatoms. The van der Waals surface area contributed by atoms with E-state index >= 15 is 0 Å². The summed E-state index contributed by atoms with van der Waals surface area (Å²) in [6.07, 6.45) is 1.43. The van der Waals surface area contributed by atoms with Gasteiger partial charge in [0.05, 0.1) is 16.1 Å². The normalized spacial score (nSPS) is 11.8. The molecule has 0 aliphatic carbocycles. The maximum atomic E-state index is 12.6. The Morgan fingerprint density at radius 1 is 0.915 bits per heavy atom. The highest BCUT2D eigenvalue weighted by Crippen LogP contribution is 2.34. The zero-order valence-electron chi connectivity index (χ0n) is 27.7. The summed E-state index contributed by atoms with van der Waals surface area (Å²) in [6.45, 7) is 10.6. The van der Waals surface area contributed by atoms with Crippen LogP contribution in [0.4, 0.5) is 4.79 Å². The summed E-state index contributed by atoms with van der Waals surface area (Å²) in [5.74, 6) is 1.17. The second-order valence-corrected chi connectivity index (χ2v) is 13.4. The van der Waals surface area contributed by atoms with Crippen LogP contribution in [0.1, 0.15) is 60.9 Å². The number of carbonyl (C=O) groups is 1. The van der Waals surface area contributed by atoms with Gasteiger partial charge in [-0.05, 0) is 111 Å². The van der Waals surface area contributed by atoms with Gasteiger partial charge in [0.1, 0.15) is 24.6 Å². The smallest absolute Gasteiger partial charge is 0.407 e. The number of nitrogens with one attached hydrogen (secondary N) is 1. The quantitative estimate of drug-likeness (QED) is 0.143. The van der Waals surface area contributed by atoms with Crippen LogP contribution < -0.4 is 14.8 Å². The van der Waals surface area contributed by atoms with Crippen LogP contribution in [0.25, 0.3) is 11.1 Å². The highest BCUT2D eigenvalue weighted by Gasteiger charge is 2.21. The van der Waals surface area contributed by atoms with Crippen molar-refractivity contribution in [2.75, 3.05) is 19.8 Å². The van der Waals surface area contributed by atoms with Gasteiger partial charge >= 0.3 is 6.09 Å². The Morgan fingerprint density at radius 3 is 2.26 bits per heavy atom. The van der Waals surface area contributed by atoms with Crippen LogP contribution in [-0.2, 0) is 17.6 Å². The SMILES string of the molecule is Cc1cc(Cl)c(OCCOc2ccc(CC(CNC(=O)OC(C)(C)C)c3ccc(-c4ccccc4CCC#N)cc3C)cc2)c(Cl)c1. The van der Waals surface area contributed by atoms with Crippen molar-refractivity contribution in [3.8, 4) is 28.7 Å². The highest BCUT2D eigenvalue weighted by atomic mass is 35.5. The first kappa shape index (κ1) is 35.7. The molecule has 0 radical (unpaired) electrons. The van der Waals surface area contributed by atoms with E-state index in [1.807, 2.05) is 76.2 Å². The Hall–Kier alpha value is -4.18. The summed E-state index contributed by atoms with van der Waals surface area (Å²) in [4.78, 5) is 12.6. The average Bonchev–Trinajstić information content (AvgIpc) is 3.01.